The number of ketones is 1. The molecular formula is C24H32ClN3O3S. The van der Waals surface area contributed by atoms with E-state index in [1.807, 2.05) is 25.1 Å². The summed E-state index contributed by atoms with van der Waals surface area (Å²) in [5.41, 5.74) is 2.46. The standard InChI is InChI=1S/C24H31N3O3S.ClH/c1-17-22(23-21(31-17)10-5-11-25-24(23)29)19(28)8-6-12-26-13-15-27(16-14-26)18-7-3-4-9-20(18)30-2;/h3-4,7,9H,5-6,8,10-16H2,1-2H3,(H,25,29);1H. The van der Waals surface area contributed by atoms with E-state index in [9.17, 15) is 9.59 Å². The van der Waals surface area contributed by atoms with Crippen molar-refractivity contribution in [3.8, 4) is 5.75 Å². The van der Waals surface area contributed by atoms with Crippen molar-refractivity contribution in [2.75, 3.05) is 51.3 Å². The molecule has 1 aromatic carbocycles. The highest BCUT2D eigenvalue weighted by atomic mass is 35.5. The maximum atomic E-state index is 13.0. The Kier molecular flexibility index (Phi) is 8.57. The Balaban J connectivity index is 0.00000289. The fourth-order valence-corrected chi connectivity index (χ4v) is 5.82. The number of fused-ring (bicyclic) bond motifs is 1. The molecule has 0 aliphatic carbocycles. The van der Waals surface area contributed by atoms with Crippen LogP contribution < -0.4 is 15.0 Å². The first-order valence-electron chi connectivity index (χ1n) is 11.1. The number of anilines is 1. The number of aryl methyl sites for hydroxylation is 2. The second-order valence-electron chi connectivity index (χ2n) is 8.22. The second-order valence-corrected chi connectivity index (χ2v) is 9.53. The third-order valence-corrected chi connectivity index (χ3v) is 7.37. The average molecular weight is 478 g/mol. The van der Waals surface area contributed by atoms with Crippen molar-refractivity contribution in [3.05, 3.63) is 45.1 Å². The first kappa shape index (κ1) is 24.6. The number of benzene rings is 1. The number of carbonyl (C=O) groups is 2. The zero-order valence-corrected chi connectivity index (χ0v) is 20.4. The molecule has 1 fully saturated rings. The highest BCUT2D eigenvalue weighted by molar-refractivity contribution is 7.12. The molecule has 1 saturated heterocycles. The predicted octanol–water partition coefficient (Wildman–Crippen LogP) is 3.95. The van der Waals surface area contributed by atoms with Crippen LogP contribution in [0, 0.1) is 6.92 Å². The normalized spacial score (nSPS) is 16.6. The highest BCUT2D eigenvalue weighted by Gasteiger charge is 2.27. The van der Waals surface area contributed by atoms with E-state index in [1.165, 1.54) is 0 Å². The number of halogens is 1. The van der Waals surface area contributed by atoms with Gasteiger partial charge in [-0.1, -0.05) is 12.1 Å². The zero-order valence-electron chi connectivity index (χ0n) is 18.8. The van der Waals surface area contributed by atoms with Gasteiger partial charge in [0.2, 0.25) is 0 Å². The molecule has 1 aromatic heterocycles. The van der Waals surface area contributed by atoms with E-state index >= 15 is 0 Å². The van der Waals surface area contributed by atoms with Gasteiger partial charge in [-0.15, -0.1) is 23.7 Å². The molecule has 0 saturated carbocycles. The molecule has 0 bridgehead atoms. The van der Waals surface area contributed by atoms with Crippen LogP contribution >= 0.6 is 23.7 Å². The van der Waals surface area contributed by atoms with Gasteiger partial charge >= 0.3 is 0 Å². The lowest BCUT2D eigenvalue weighted by molar-refractivity contribution is 0.0931. The van der Waals surface area contributed by atoms with Gasteiger partial charge in [0.1, 0.15) is 5.75 Å². The van der Waals surface area contributed by atoms with Gasteiger partial charge < -0.3 is 15.0 Å². The second kappa shape index (κ2) is 11.2. The molecule has 0 spiro atoms. The molecule has 0 radical (unpaired) electrons. The van der Waals surface area contributed by atoms with Crippen molar-refractivity contribution >= 4 is 41.1 Å². The Morgan fingerprint density at radius 2 is 1.94 bits per heavy atom. The average Bonchev–Trinajstić information content (AvgIpc) is 3.02. The molecule has 3 heterocycles. The smallest absolute Gasteiger partial charge is 0.253 e. The third-order valence-electron chi connectivity index (χ3n) is 6.21. The summed E-state index contributed by atoms with van der Waals surface area (Å²) in [6.45, 7) is 7.41. The van der Waals surface area contributed by atoms with Crippen molar-refractivity contribution in [2.24, 2.45) is 0 Å². The number of Topliss-reactive ketones (excluding diaryl/α,β-unsaturated/α-hetero) is 1. The minimum absolute atomic E-state index is 0. The molecule has 0 atom stereocenters. The number of amides is 1. The molecule has 2 aromatic rings. The van der Waals surface area contributed by atoms with Gasteiger partial charge in [-0.25, -0.2) is 0 Å². The first-order chi connectivity index (χ1) is 15.1. The Labute approximate surface area is 200 Å². The maximum absolute atomic E-state index is 13.0. The van der Waals surface area contributed by atoms with Crippen LogP contribution in [0.2, 0.25) is 0 Å². The fourth-order valence-electron chi connectivity index (χ4n) is 4.59. The van der Waals surface area contributed by atoms with Crippen LogP contribution in [0.1, 0.15) is 49.7 Å². The lowest BCUT2D eigenvalue weighted by atomic mass is 10.00. The number of piperazine rings is 1. The lowest BCUT2D eigenvalue weighted by Gasteiger charge is -2.36. The maximum Gasteiger partial charge on any atom is 0.253 e. The Morgan fingerprint density at radius 3 is 2.69 bits per heavy atom. The number of para-hydroxylation sites is 2. The predicted molar refractivity (Wildman–Crippen MR) is 132 cm³/mol. The summed E-state index contributed by atoms with van der Waals surface area (Å²) in [5, 5.41) is 2.94. The van der Waals surface area contributed by atoms with Gasteiger partial charge in [-0.3, -0.25) is 14.5 Å². The van der Waals surface area contributed by atoms with E-state index in [4.69, 9.17) is 4.74 Å². The van der Waals surface area contributed by atoms with E-state index < -0.39 is 0 Å². The molecule has 8 heteroatoms. The molecule has 6 nitrogen and oxygen atoms in total. The Morgan fingerprint density at radius 1 is 1.19 bits per heavy atom. The van der Waals surface area contributed by atoms with Gasteiger partial charge in [-0.05, 0) is 44.9 Å². The molecule has 1 amide bonds. The van der Waals surface area contributed by atoms with Crippen LogP contribution in [0.5, 0.6) is 5.75 Å². The number of hydrogen-bond acceptors (Lipinski definition) is 6. The molecule has 174 valence electrons. The van der Waals surface area contributed by atoms with Gasteiger partial charge in [0.15, 0.2) is 5.78 Å². The topological polar surface area (TPSA) is 61.9 Å². The van der Waals surface area contributed by atoms with Crippen LogP contribution in [-0.4, -0.2) is 63.0 Å². The monoisotopic (exact) mass is 477 g/mol. The SMILES string of the molecule is COc1ccccc1N1CCN(CCCC(=O)c2c(C)sc3c2C(=O)NCCC3)CC1.Cl. The van der Waals surface area contributed by atoms with Gasteiger partial charge in [0, 0.05) is 54.5 Å². The number of rotatable bonds is 7. The van der Waals surface area contributed by atoms with Crippen molar-refractivity contribution < 1.29 is 14.3 Å². The van der Waals surface area contributed by atoms with Crippen LogP contribution in [0.4, 0.5) is 5.69 Å². The molecule has 0 unspecified atom stereocenters. The summed E-state index contributed by atoms with van der Waals surface area (Å²) in [6.07, 6.45) is 3.12. The summed E-state index contributed by atoms with van der Waals surface area (Å²) in [4.78, 5) is 32.3. The lowest BCUT2D eigenvalue weighted by Crippen LogP contribution is -2.46. The summed E-state index contributed by atoms with van der Waals surface area (Å²) in [5.74, 6) is 0.947. The molecule has 2 aliphatic rings. The number of nitrogens with one attached hydrogen (secondary N) is 1. The fraction of sp³-hybridized carbons (Fsp3) is 0.500. The van der Waals surface area contributed by atoms with E-state index in [1.54, 1.807) is 18.4 Å². The number of hydrogen-bond donors (Lipinski definition) is 1. The molecule has 4 rings (SSSR count). The van der Waals surface area contributed by atoms with Gasteiger partial charge in [0.05, 0.1) is 18.4 Å². The van der Waals surface area contributed by atoms with E-state index in [2.05, 4.69) is 21.2 Å². The third kappa shape index (κ3) is 5.27. The van der Waals surface area contributed by atoms with Crippen molar-refractivity contribution in [1.82, 2.24) is 10.2 Å². The highest BCUT2D eigenvalue weighted by Crippen LogP contribution is 2.32. The van der Waals surface area contributed by atoms with Crippen molar-refractivity contribution in [3.63, 3.8) is 0 Å². The van der Waals surface area contributed by atoms with E-state index in [0.717, 1.165) is 73.2 Å². The quantitative estimate of drug-likeness (QED) is 0.612. The van der Waals surface area contributed by atoms with Gasteiger partial charge in [-0.2, -0.15) is 0 Å². The number of carbonyl (C=O) groups excluding carboxylic acids is 2. The van der Waals surface area contributed by atoms with Crippen LogP contribution in [0.3, 0.4) is 0 Å². The molecule has 1 N–H and O–H groups in total. The first-order valence-corrected chi connectivity index (χ1v) is 11.9. The van der Waals surface area contributed by atoms with Crippen LogP contribution in [0.25, 0.3) is 0 Å². The Bertz CT molecular complexity index is 954. The van der Waals surface area contributed by atoms with E-state index in [0.29, 0.717) is 24.1 Å². The zero-order chi connectivity index (χ0) is 21.8. The summed E-state index contributed by atoms with van der Waals surface area (Å²) in [7, 11) is 1.71. The van der Waals surface area contributed by atoms with E-state index in [-0.39, 0.29) is 24.1 Å². The summed E-state index contributed by atoms with van der Waals surface area (Å²) in [6, 6.07) is 8.15. The number of methoxy groups -OCH3 is 1. The minimum Gasteiger partial charge on any atom is -0.495 e. The molecule has 32 heavy (non-hydrogen) atoms. The molecular weight excluding hydrogens is 446 g/mol. The number of ether oxygens (including phenoxy) is 1. The van der Waals surface area contributed by atoms with Crippen molar-refractivity contribution in [2.45, 2.75) is 32.6 Å². The number of thiophene rings is 1. The number of nitrogens with zero attached hydrogens (tertiary/aromatic N) is 2. The largest absolute Gasteiger partial charge is 0.495 e. The minimum atomic E-state index is -0.0762. The summed E-state index contributed by atoms with van der Waals surface area (Å²) < 4.78 is 5.50. The van der Waals surface area contributed by atoms with Crippen LogP contribution in [-0.2, 0) is 6.42 Å². The van der Waals surface area contributed by atoms with Crippen LogP contribution in [0.15, 0.2) is 24.3 Å². The van der Waals surface area contributed by atoms with Gasteiger partial charge in [0.25, 0.3) is 5.91 Å². The summed E-state index contributed by atoms with van der Waals surface area (Å²) >= 11 is 1.62. The Hall–Kier alpha value is -2.09. The van der Waals surface area contributed by atoms with Crippen molar-refractivity contribution in [1.29, 1.82) is 0 Å². The molecule has 2 aliphatic heterocycles.